The second-order valence-corrected chi connectivity index (χ2v) is 11.5. The number of aromatic nitrogens is 1. The highest BCUT2D eigenvalue weighted by Gasteiger charge is 2.18. The first-order chi connectivity index (χ1) is 18.5. The van der Waals surface area contributed by atoms with Crippen LogP contribution < -0.4 is 5.32 Å². The van der Waals surface area contributed by atoms with Crippen molar-refractivity contribution in [3.8, 4) is 0 Å². The van der Waals surface area contributed by atoms with E-state index in [0.29, 0.717) is 5.92 Å². The van der Waals surface area contributed by atoms with Crippen molar-refractivity contribution < 1.29 is 0 Å². The van der Waals surface area contributed by atoms with Gasteiger partial charge in [0.05, 0.1) is 9.85 Å². The molecule has 2 heterocycles. The number of hydrogen-bond donors (Lipinski definition) is 1. The number of rotatable bonds is 12. The normalized spacial score (nSPS) is 12.2. The number of para-hydroxylation sites is 1. The van der Waals surface area contributed by atoms with E-state index in [1.54, 1.807) is 11.3 Å². The van der Waals surface area contributed by atoms with Crippen LogP contribution >= 0.6 is 22.9 Å². The van der Waals surface area contributed by atoms with Crippen LogP contribution in [0.4, 0.5) is 17.2 Å². The summed E-state index contributed by atoms with van der Waals surface area (Å²) in [6.45, 7) is 8.97. The van der Waals surface area contributed by atoms with Crippen molar-refractivity contribution in [2.45, 2.75) is 66.2 Å². The van der Waals surface area contributed by atoms with E-state index >= 15 is 0 Å². The fourth-order valence-corrected chi connectivity index (χ4v) is 5.89. The Morgan fingerprint density at radius 3 is 2.34 bits per heavy atom. The lowest BCUT2D eigenvalue weighted by atomic mass is 9.90. The molecule has 0 aliphatic heterocycles. The molecular formula is C33H38ClN3S. The largest absolute Gasteiger partial charge is 0.338 e. The fraction of sp³-hybridized carbons (Fsp3) is 0.333. The van der Waals surface area contributed by atoms with Gasteiger partial charge in [0, 0.05) is 21.7 Å². The number of pyridine rings is 1. The zero-order chi connectivity index (χ0) is 26.9. The van der Waals surface area contributed by atoms with Gasteiger partial charge in [-0.3, -0.25) is 4.99 Å². The number of fused-ring (bicyclic) bond motifs is 1. The molecule has 0 saturated heterocycles. The molecule has 0 radical (unpaired) electrons. The summed E-state index contributed by atoms with van der Waals surface area (Å²) in [5, 5.41) is 4.76. The molecule has 0 amide bonds. The van der Waals surface area contributed by atoms with Gasteiger partial charge >= 0.3 is 0 Å². The Bertz CT molecular complexity index is 1400. The molecule has 0 aliphatic rings. The standard InChI is InChI=1S/C33H38ClN3S/c1-5-10-25(11-6-2)29(12-7-3)36-32-23(4)28-13-8-9-14-30(28)37-33(32)35-26-18-15-24(16-19-26)17-20-27-21-22-31(34)38-27/h8-9,13-22,25H,5-7,10-12H2,1-4H3,(H,35,37)/b20-17+,36-29?. The molecular weight excluding hydrogens is 506 g/mol. The van der Waals surface area contributed by atoms with Gasteiger partial charge in [-0.15, -0.1) is 11.3 Å². The Kier molecular flexibility index (Phi) is 10.1. The van der Waals surface area contributed by atoms with Gasteiger partial charge in [0.25, 0.3) is 0 Å². The molecule has 3 nitrogen and oxygen atoms in total. The van der Waals surface area contributed by atoms with Crippen LogP contribution in [0.15, 0.2) is 65.7 Å². The number of halogens is 1. The van der Waals surface area contributed by atoms with Gasteiger partial charge in [0.2, 0.25) is 0 Å². The number of nitrogens with zero attached hydrogens (tertiary/aromatic N) is 2. The van der Waals surface area contributed by atoms with E-state index < -0.39 is 0 Å². The molecule has 0 atom stereocenters. The van der Waals surface area contributed by atoms with E-state index in [0.717, 1.165) is 55.7 Å². The summed E-state index contributed by atoms with van der Waals surface area (Å²) in [7, 11) is 0. The highest BCUT2D eigenvalue weighted by Crippen LogP contribution is 2.36. The maximum Gasteiger partial charge on any atom is 0.157 e. The van der Waals surface area contributed by atoms with Crippen LogP contribution in [0.1, 0.15) is 75.3 Å². The molecule has 1 N–H and O–H groups in total. The van der Waals surface area contributed by atoms with Gasteiger partial charge in [-0.05, 0) is 79.6 Å². The third kappa shape index (κ3) is 7.12. The first-order valence-corrected chi connectivity index (χ1v) is 15.0. The second-order valence-electron chi connectivity index (χ2n) is 9.80. The van der Waals surface area contributed by atoms with Crippen molar-refractivity contribution in [1.82, 2.24) is 4.98 Å². The van der Waals surface area contributed by atoms with Crippen LogP contribution in [0.25, 0.3) is 23.1 Å². The summed E-state index contributed by atoms with van der Waals surface area (Å²) in [5.41, 5.74) is 6.56. The van der Waals surface area contributed by atoms with Gasteiger partial charge < -0.3 is 5.32 Å². The number of benzene rings is 2. The third-order valence-electron chi connectivity index (χ3n) is 6.83. The number of nitrogens with one attached hydrogen (secondary N) is 1. The van der Waals surface area contributed by atoms with E-state index in [4.69, 9.17) is 21.6 Å². The lowest BCUT2D eigenvalue weighted by molar-refractivity contribution is 0.549. The van der Waals surface area contributed by atoms with Gasteiger partial charge in [-0.25, -0.2) is 4.98 Å². The van der Waals surface area contributed by atoms with E-state index in [9.17, 15) is 0 Å². The Balaban J connectivity index is 1.70. The smallest absolute Gasteiger partial charge is 0.157 e. The molecule has 0 saturated carbocycles. The average Bonchev–Trinajstić information content (AvgIpc) is 3.34. The van der Waals surface area contributed by atoms with Crippen molar-refractivity contribution >= 4 is 68.9 Å². The van der Waals surface area contributed by atoms with Gasteiger partial charge in [-0.2, -0.15) is 0 Å². The highest BCUT2D eigenvalue weighted by atomic mass is 35.5. The average molecular weight is 544 g/mol. The second kappa shape index (κ2) is 13.7. The van der Waals surface area contributed by atoms with Crippen molar-refractivity contribution in [1.29, 1.82) is 0 Å². The van der Waals surface area contributed by atoms with Crippen LogP contribution in [-0.2, 0) is 0 Å². The Labute approximate surface area is 236 Å². The minimum Gasteiger partial charge on any atom is -0.338 e. The predicted octanol–water partition coefficient (Wildman–Crippen LogP) is 11.3. The summed E-state index contributed by atoms with van der Waals surface area (Å²) in [5.74, 6) is 1.34. The highest BCUT2D eigenvalue weighted by molar-refractivity contribution is 7.17. The van der Waals surface area contributed by atoms with Crippen molar-refractivity contribution in [3.05, 3.63) is 81.0 Å². The molecule has 0 bridgehead atoms. The molecule has 2 aromatic heterocycles. The summed E-state index contributed by atoms with van der Waals surface area (Å²) in [4.78, 5) is 11.6. The SMILES string of the molecule is CCCC(=Nc1c(Nc2ccc(/C=C/c3ccc(Cl)s3)cc2)nc2ccccc2c1C)C(CCC)CCC. The molecule has 0 spiro atoms. The van der Waals surface area contributed by atoms with Gasteiger partial charge in [0.1, 0.15) is 5.69 Å². The first-order valence-electron chi connectivity index (χ1n) is 13.8. The fourth-order valence-electron chi connectivity index (χ4n) is 4.93. The van der Waals surface area contributed by atoms with Crippen LogP contribution in [0.3, 0.4) is 0 Å². The molecule has 38 heavy (non-hydrogen) atoms. The van der Waals surface area contributed by atoms with Gasteiger partial charge in [0.15, 0.2) is 5.82 Å². The zero-order valence-corrected chi connectivity index (χ0v) is 24.5. The minimum atomic E-state index is 0.521. The van der Waals surface area contributed by atoms with Crippen molar-refractivity contribution in [2.75, 3.05) is 5.32 Å². The van der Waals surface area contributed by atoms with E-state index in [2.05, 4.69) is 87.6 Å². The third-order valence-corrected chi connectivity index (χ3v) is 8.03. The number of aliphatic imine (C=N–C) groups is 1. The topological polar surface area (TPSA) is 37.3 Å². The van der Waals surface area contributed by atoms with E-state index in [1.165, 1.54) is 37.0 Å². The van der Waals surface area contributed by atoms with E-state index in [-0.39, 0.29) is 0 Å². The molecule has 5 heteroatoms. The van der Waals surface area contributed by atoms with Gasteiger partial charge in [-0.1, -0.05) is 88.0 Å². The number of thiophene rings is 1. The lowest BCUT2D eigenvalue weighted by Crippen LogP contribution is -2.14. The van der Waals surface area contributed by atoms with E-state index in [1.807, 2.05) is 18.2 Å². The molecule has 0 aliphatic carbocycles. The quantitative estimate of drug-likeness (QED) is 0.180. The predicted molar refractivity (Wildman–Crippen MR) is 170 cm³/mol. The summed E-state index contributed by atoms with van der Waals surface area (Å²) >= 11 is 7.64. The van der Waals surface area contributed by atoms with Crippen LogP contribution in [-0.4, -0.2) is 10.7 Å². The minimum absolute atomic E-state index is 0.521. The zero-order valence-electron chi connectivity index (χ0n) is 22.9. The lowest BCUT2D eigenvalue weighted by Gasteiger charge is -2.20. The summed E-state index contributed by atoms with van der Waals surface area (Å²) < 4.78 is 0.804. The molecule has 2 aromatic carbocycles. The van der Waals surface area contributed by atoms with Crippen molar-refractivity contribution in [3.63, 3.8) is 0 Å². The Morgan fingerprint density at radius 1 is 0.947 bits per heavy atom. The molecule has 0 unspecified atom stereocenters. The maximum atomic E-state index is 6.06. The molecule has 4 rings (SSSR count). The first kappa shape index (κ1) is 28.1. The van der Waals surface area contributed by atoms with Crippen molar-refractivity contribution in [2.24, 2.45) is 10.9 Å². The molecule has 198 valence electrons. The monoisotopic (exact) mass is 543 g/mol. The number of aryl methyl sites for hydroxylation is 1. The van der Waals surface area contributed by atoms with Crippen LogP contribution in [0, 0.1) is 12.8 Å². The summed E-state index contributed by atoms with van der Waals surface area (Å²) in [6, 6.07) is 20.8. The van der Waals surface area contributed by atoms with Crippen LogP contribution in [0.5, 0.6) is 0 Å². The maximum absolute atomic E-state index is 6.06. The Morgan fingerprint density at radius 2 is 1.68 bits per heavy atom. The molecule has 0 fully saturated rings. The number of hydrogen-bond acceptors (Lipinski definition) is 4. The number of anilines is 2. The Hall–Kier alpha value is -2.95. The molecule has 4 aromatic rings. The van der Waals surface area contributed by atoms with Crippen LogP contribution in [0.2, 0.25) is 4.34 Å². The summed E-state index contributed by atoms with van der Waals surface area (Å²) in [6.07, 6.45) is 11.0.